The number of hydrogen-bond donors (Lipinski definition) is 0. The summed E-state index contributed by atoms with van der Waals surface area (Å²) in [5, 5.41) is 12.3. The molecule has 3 aromatic carbocycles. The van der Waals surface area contributed by atoms with Crippen LogP contribution in [0.15, 0.2) is 90.0 Å². The highest BCUT2D eigenvalue weighted by molar-refractivity contribution is 7.98. The highest BCUT2D eigenvalue weighted by Gasteiger charge is 2.11. The first kappa shape index (κ1) is 14.9. The summed E-state index contributed by atoms with van der Waals surface area (Å²) in [6.45, 7) is 0. The zero-order valence-corrected chi connectivity index (χ0v) is 13.9. The first-order valence-corrected chi connectivity index (χ1v) is 8.88. The van der Waals surface area contributed by atoms with Crippen LogP contribution in [0.1, 0.15) is 5.56 Å². The maximum absolute atomic E-state index is 4.52. The Labute approximate surface area is 145 Å². The molecule has 24 heavy (non-hydrogen) atoms. The molecule has 0 atom stereocenters. The Morgan fingerprint density at radius 2 is 1.25 bits per heavy atom. The molecule has 0 saturated carbocycles. The van der Waals surface area contributed by atoms with Crippen LogP contribution in [-0.4, -0.2) is 10.2 Å². The molecule has 1 heterocycles. The zero-order valence-electron chi connectivity index (χ0n) is 13.1. The number of benzene rings is 3. The van der Waals surface area contributed by atoms with Crippen molar-refractivity contribution in [2.45, 2.75) is 10.8 Å². The maximum Gasteiger partial charge on any atom is 0.127 e. The molecular formula is C21H16N2S. The van der Waals surface area contributed by atoms with Crippen LogP contribution < -0.4 is 0 Å². The summed E-state index contributed by atoms with van der Waals surface area (Å²) in [7, 11) is 0. The highest BCUT2D eigenvalue weighted by Crippen LogP contribution is 2.32. The van der Waals surface area contributed by atoms with E-state index in [0.29, 0.717) is 0 Å². The van der Waals surface area contributed by atoms with E-state index in [-0.39, 0.29) is 0 Å². The predicted octanol–water partition coefficient (Wildman–Crippen LogP) is 5.59. The van der Waals surface area contributed by atoms with Gasteiger partial charge >= 0.3 is 0 Å². The number of hydrogen-bond acceptors (Lipinski definition) is 3. The van der Waals surface area contributed by atoms with Crippen LogP contribution in [0.5, 0.6) is 0 Å². The lowest BCUT2D eigenvalue weighted by atomic mass is 10.1. The van der Waals surface area contributed by atoms with E-state index < -0.39 is 0 Å². The molecule has 0 saturated heterocycles. The summed E-state index contributed by atoms with van der Waals surface area (Å²) in [6, 6.07) is 29.1. The molecule has 0 fully saturated rings. The second-order valence-corrected chi connectivity index (χ2v) is 6.50. The van der Waals surface area contributed by atoms with Gasteiger partial charge in [-0.15, -0.1) is 10.2 Å². The summed E-state index contributed by atoms with van der Waals surface area (Å²) in [6.07, 6.45) is 0. The van der Waals surface area contributed by atoms with Gasteiger partial charge in [0.15, 0.2) is 0 Å². The van der Waals surface area contributed by atoms with Crippen LogP contribution >= 0.6 is 11.8 Å². The molecule has 0 unspecified atom stereocenters. The largest absolute Gasteiger partial charge is 0.149 e. The minimum atomic E-state index is 0.893. The van der Waals surface area contributed by atoms with E-state index in [1.54, 1.807) is 11.8 Å². The Bertz CT molecular complexity index is 953. The monoisotopic (exact) mass is 328 g/mol. The van der Waals surface area contributed by atoms with Crippen molar-refractivity contribution in [1.29, 1.82) is 0 Å². The molecule has 2 nitrogen and oxygen atoms in total. The number of rotatable bonds is 4. The quantitative estimate of drug-likeness (QED) is 0.457. The minimum Gasteiger partial charge on any atom is -0.149 e. The Morgan fingerprint density at radius 3 is 2.00 bits per heavy atom. The molecular weight excluding hydrogens is 312 g/mol. The molecule has 3 heteroatoms. The molecule has 0 bridgehead atoms. The van der Waals surface area contributed by atoms with Gasteiger partial charge < -0.3 is 0 Å². The van der Waals surface area contributed by atoms with Gasteiger partial charge in [-0.25, -0.2) is 0 Å². The molecule has 1 aromatic heterocycles. The second-order valence-electron chi connectivity index (χ2n) is 5.54. The summed E-state index contributed by atoms with van der Waals surface area (Å²) in [4.78, 5) is 0. The SMILES string of the molecule is c1ccc(CSc2nnc(-c3ccccc3)c3ccccc23)cc1. The lowest BCUT2D eigenvalue weighted by molar-refractivity contribution is 0.961. The van der Waals surface area contributed by atoms with Crippen molar-refractivity contribution in [1.82, 2.24) is 10.2 Å². The molecule has 4 rings (SSSR count). The van der Waals surface area contributed by atoms with Crippen LogP contribution in [0.3, 0.4) is 0 Å². The van der Waals surface area contributed by atoms with E-state index in [1.165, 1.54) is 5.56 Å². The van der Waals surface area contributed by atoms with Crippen molar-refractivity contribution in [3.05, 3.63) is 90.5 Å². The number of nitrogens with zero attached hydrogens (tertiary/aromatic N) is 2. The standard InChI is InChI=1S/C21H16N2S/c1-3-9-16(10-4-1)15-24-21-19-14-8-7-13-18(19)20(22-23-21)17-11-5-2-6-12-17/h1-14H,15H2. The lowest BCUT2D eigenvalue weighted by Crippen LogP contribution is -1.94. The first-order chi connectivity index (χ1) is 11.9. The predicted molar refractivity (Wildman–Crippen MR) is 101 cm³/mol. The average Bonchev–Trinajstić information content (AvgIpc) is 2.67. The third-order valence-corrected chi connectivity index (χ3v) is 4.97. The summed E-state index contributed by atoms with van der Waals surface area (Å²) >= 11 is 1.73. The Morgan fingerprint density at radius 1 is 0.625 bits per heavy atom. The average molecular weight is 328 g/mol. The molecule has 4 aromatic rings. The van der Waals surface area contributed by atoms with Gasteiger partial charge in [0, 0.05) is 22.1 Å². The van der Waals surface area contributed by atoms with Crippen LogP contribution in [0.25, 0.3) is 22.0 Å². The third-order valence-electron chi connectivity index (χ3n) is 3.92. The topological polar surface area (TPSA) is 25.8 Å². The maximum atomic E-state index is 4.52. The van der Waals surface area contributed by atoms with Gasteiger partial charge in [-0.05, 0) is 5.56 Å². The number of thioether (sulfide) groups is 1. The fourth-order valence-corrected chi connectivity index (χ4v) is 3.65. The van der Waals surface area contributed by atoms with Crippen molar-refractivity contribution in [3.8, 4) is 11.3 Å². The van der Waals surface area contributed by atoms with Crippen molar-refractivity contribution in [2.24, 2.45) is 0 Å². The van der Waals surface area contributed by atoms with E-state index in [9.17, 15) is 0 Å². The molecule has 0 aliphatic rings. The molecule has 116 valence electrons. The van der Waals surface area contributed by atoms with Gasteiger partial charge in [-0.2, -0.15) is 0 Å². The summed E-state index contributed by atoms with van der Waals surface area (Å²) in [5.74, 6) is 0.893. The zero-order chi connectivity index (χ0) is 16.2. The van der Waals surface area contributed by atoms with Crippen LogP contribution in [0.4, 0.5) is 0 Å². The Hall–Kier alpha value is -2.65. The number of aromatic nitrogens is 2. The van der Waals surface area contributed by atoms with Crippen molar-refractivity contribution in [2.75, 3.05) is 0 Å². The van der Waals surface area contributed by atoms with Crippen molar-refractivity contribution in [3.63, 3.8) is 0 Å². The van der Waals surface area contributed by atoms with Gasteiger partial charge in [-0.1, -0.05) is 96.7 Å². The van der Waals surface area contributed by atoms with Gasteiger partial charge in [0.05, 0.1) is 0 Å². The highest BCUT2D eigenvalue weighted by atomic mass is 32.2. The van der Waals surface area contributed by atoms with Gasteiger partial charge in [0.25, 0.3) is 0 Å². The molecule has 0 N–H and O–H groups in total. The van der Waals surface area contributed by atoms with E-state index >= 15 is 0 Å². The molecule has 0 radical (unpaired) electrons. The minimum absolute atomic E-state index is 0.893. The van der Waals surface area contributed by atoms with Crippen molar-refractivity contribution >= 4 is 22.5 Å². The van der Waals surface area contributed by atoms with E-state index in [0.717, 1.165) is 32.8 Å². The summed E-state index contributed by atoms with van der Waals surface area (Å²) < 4.78 is 0. The summed E-state index contributed by atoms with van der Waals surface area (Å²) in [5.41, 5.74) is 3.33. The smallest absolute Gasteiger partial charge is 0.127 e. The van der Waals surface area contributed by atoms with Crippen molar-refractivity contribution < 1.29 is 0 Å². The number of fused-ring (bicyclic) bond motifs is 1. The van der Waals surface area contributed by atoms with Gasteiger partial charge in [-0.3, -0.25) is 0 Å². The lowest BCUT2D eigenvalue weighted by Gasteiger charge is -2.09. The second kappa shape index (κ2) is 6.85. The van der Waals surface area contributed by atoms with Crippen LogP contribution in [0, 0.1) is 0 Å². The van der Waals surface area contributed by atoms with Crippen LogP contribution in [-0.2, 0) is 5.75 Å². The van der Waals surface area contributed by atoms with Gasteiger partial charge in [0.2, 0.25) is 0 Å². The molecule has 0 amide bonds. The van der Waals surface area contributed by atoms with Gasteiger partial charge in [0.1, 0.15) is 10.7 Å². The fourth-order valence-electron chi connectivity index (χ4n) is 2.72. The molecule has 0 aliphatic carbocycles. The Balaban J connectivity index is 1.73. The van der Waals surface area contributed by atoms with Crippen LogP contribution in [0.2, 0.25) is 0 Å². The fraction of sp³-hybridized carbons (Fsp3) is 0.0476. The van der Waals surface area contributed by atoms with E-state index in [2.05, 4.69) is 70.9 Å². The first-order valence-electron chi connectivity index (χ1n) is 7.89. The molecule has 0 aliphatic heterocycles. The van der Waals surface area contributed by atoms with E-state index in [4.69, 9.17) is 0 Å². The molecule has 0 spiro atoms. The normalized spacial score (nSPS) is 10.8. The third kappa shape index (κ3) is 3.03. The Kier molecular flexibility index (Phi) is 4.26. The van der Waals surface area contributed by atoms with E-state index in [1.807, 2.05) is 24.3 Å².